The molecule has 3 aromatic rings. The van der Waals surface area contributed by atoms with Gasteiger partial charge in [-0.2, -0.15) is 0 Å². The van der Waals surface area contributed by atoms with Gasteiger partial charge in [-0.05, 0) is 30.7 Å². The van der Waals surface area contributed by atoms with E-state index in [9.17, 15) is 4.79 Å². The number of aromatic nitrogens is 3. The van der Waals surface area contributed by atoms with E-state index < -0.39 is 0 Å². The third-order valence-electron chi connectivity index (χ3n) is 3.06. The van der Waals surface area contributed by atoms with E-state index in [4.69, 9.17) is 0 Å². The van der Waals surface area contributed by atoms with Gasteiger partial charge >= 0.3 is 0 Å². The van der Waals surface area contributed by atoms with Crippen LogP contribution in [0.4, 0.5) is 5.82 Å². The molecule has 2 aromatic heterocycles. The molecule has 0 spiro atoms. The molecule has 0 aliphatic heterocycles. The first kappa shape index (κ1) is 13.1. The van der Waals surface area contributed by atoms with Gasteiger partial charge < -0.3 is 5.32 Å². The van der Waals surface area contributed by atoms with Gasteiger partial charge in [0.25, 0.3) is 5.91 Å². The molecule has 1 amide bonds. The summed E-state index contributed by atoms with van der Waals surface area (Å²) in [5, 5.41) is 2.77. The van der Waals surface area contributed by atoms with Gasteiger partial charge in [0.2, 0.25) is 0 Å². The second-order valence-corrected chi connectivity index (χ2v) is 4.66. The van der Waals surface area contributed by atoms with Crippen molar-refractivity contribution in [2.75, 3.05) is 5.32 Å². The summed E-state index contributed by atoms with van der Waals surface area (Å²) in [6.45, 7) is 1.95. The highest BCUT2D eigenvalue weighted by molar-refractivity contribution is 6.02. The zero-order valence-electron chi connectivity index (χ0n) is 11.5. The van der Waals surface area contributed by atoms with Crippen LogP contribution in [0.25, 0.3) is 5.69 Å². The predicted octanol–water partition coefficient (Wildman–Crippen LogP) is 2.83. The van der Waals surface area contributed by atoms with E-state index in [1.807, 2.05) is 43.3 Å². The Morgan fingerprint density at radius 2 is 1.90 bits per heavy atom. The molecule has 0 unspecified atom stereocenters. The third kappa shape index (κ3) is 2.81. The zero-order valence-corrected chi connectivity index (χ0v) is 11.5. The summed E-state index contributed by atoms with van der Waals surface area (Å²) in [6.07, 6.45) is 4.87. The van der Waals surface area contributed by atoms with Crippen molar-refractivity contribution in [2.45, 2.75) is 6.92 Å². The fourth-order valence-electron chi connectivity index (χ4n) is 1.98. The normalized spacial score (nSPS) is 10.3. The van der Waals surface area contributed by atoms with Crippen LogP contribution in [-0.4, -0.2) is 20.4 Å². The van der Waals surface area contributed by atoms with E-state index in [1.54, 1.807) is 23.2 Å². The fraction of sp³-hybridized carbons (Fsp3) is 0.0625. The Bertz CT molecular complexity index is 747. The lowest BCUT2D eigenvalue weighted by Crippen LogP contribution is -2.16. The van der Waals surface area contributed by atoms with Crippen molar-refractivity contribution in [3.05, 3.63) is 72.4 Å². The number of carbonyl (C=O) groups excluding carboxylic acids is 1. The molecule has 3 rings (SSSR count). The SMILES string of the molecule is Cc1ccc(NC(=O)c2cncn2-c2ccccc2)nc1. The smallest absolute Gasteiger partial charge is 0.275 e. The Morgan fingerprint density at radius 3 is 2.62 bits per heavy atom. The molecule has 2 heterocycles. The average Bonchev–Trinajstić information content (AvgIpc) is 3.00. The molecule has 104 valence electrons. The van der Waals surface area contributed by atoms with Gasteiger partial charge in [0, 0.05) is 11.9 Å². The van der Waals surface area contributed by atoms with Crippen LogP contribution < -0.4 is 5.32 Å². The Balaban J connectivity index is 1.86. The van der Waals surface area contributed by atoms with Gasteiger partial charge in [0.1, 0.15) is 11.5 Å². The molecule has 0 radical (unpaired) electrons. The molecule has 0 fully saturated rings. The van der Waals surface area contributed by atoms with E-state index in [1.165, 1.54) is 6.20 Å². The van der Waals surface area contributed by atoms with E-state index >= 15 is 0 Å². The summed E-state index contributed by atoms with van der Waals surface area (Å²) in [5.41, 5.74) is 2.39. The Kier molecular flexibility index (Phi) is 3.47. The van der Waals surface area contributed by atoms with Crippen LogP contribution in [0.3, 0.4) is 0 Å². The first-order chi connectivity index (χ1) is 10.2. The van der Waals surface area contributed by atoms with Gasteiger partial charge in [-0.15, -0.1) is 0 Å². The maximum absolute atomic E-state index is 12.3. The predicted molar refractivity (Wildman–Crippen MR) is 80.5 cm³/mol. The van der Waals surface area contributed by atoms with E-state index in [2.05, 4.69) is 15.3 Å². The number of para-hydroxylation sites is 1. The molecule has 0 aliphatic rings. The van der Waals surface area contributed by atoms with Crippen LogP contribution >= 0.6 is 0 Å². The number of anilines is 1. The van der Waals surface area contributed by atoms with Gasteiger partial charge in [0.05, 0.1) is 12.5 Å². The van der Waals surface area contributed by atoms with E-state index in [0.717, 1.165) is 11.3 Å². The Labute approximate surface area is 122 Å². The van der Waals surface area contributed by atoms with Crippen molar-refractivity contribution in [1.29, 1.82) is 0 Å². The van der Waals surface area contributed by atoms with Crippen molar-refractivity contribution in [3.8, 4) is 5.69 Å². The molecule has 0 saturated heterocycles. The molecule has 1 N–H and O–H groups in total. The molecular weight excluding hydrogens is 264 g/mol. The summed E-state index contributed by atoms with van der Waals surface area (Å²) >= 11 is 0. The summed E-state index contributed by atoms with van der Waals surface area (Å²) in [6, 6.07) is 13.3. The monoisotopic (exact) mass is 278 g/mol. The Hall–Kier alpha value is -2.95. The maximum atomic E-state index is 12.3. The number of hydrogen-bond donors (Lipinski definition) is 1. The van der Waals surface area contributed by atoms with Crippen LogP contribution in [0, 0.1) is 6.92 Å². The minimum atomic E-state index is -0.243. The lowest BCUT2D eigenvalue weighted by molar-refractivity contribution is 0.102. The number of carbonyl (C=O) groups is 1. The molecule has 0 bridgehead atoms. The van der Waals surface area contributed by atoms with Crippen LogP contribution in [0.5, 0.6) is 0 Å². The van der Waals surface area contributed by atoms with Crippen LogP contribution in [0.15, 0.2) is 61.2 Å². The van der Waals surface area contributed by atoms with Crippen molar-refractivity contribution < 1.29 is 4.79 Å². The summed E-state index contributed by atoms with van der Waals surface area (Å²) < 4.78 is 1.74. The minimum Gasteiger partial charge on any atom is -0.305 e. The van der Waals surface area contributed by atoms with Crippen LogP contribution in [-0.2, 0) is 0 Å². The number of hydrogen-bond acceptors (Lipinski definition) is 3. The molecule has 0 atom stereocenters. The van der Waals surface area contributed by atoms with Gasteiger partial charge in [-0.3, -0.25) is 9.36 Å². The first-order valence-corrected chi connectivity index (χ1v) is 6.56. The summed E-state index contributed by atoms with van der Waals surface area (Å²) in [5.74, 6) is 0.277. The first-order valence-electron chi connectivity index (χ1n) is 6.56. The average molecular weight is 278 g/mol. The van der Waals surface area contributed by atoms with Crippen molar-refractivity contribution in [3.63, 3.8) is 0 Å². The van der Waals surface area contributed by atoms with Gasteiger partial charge in [-0.25, -0.2) is 9.97 Å². The molecule has 21 heavy (non-hydrogen) atoms. The highest BCUT2D eigenvalue weighted by atomic mass is 16.2. The maximum Gasteiger partial charge on any atom is 0.275 e. The largest absolute Gasteiger partial charge is 0.305 e. The number of nitrogens with one attached hydrogen (secondary N) is 1. The number of benzene rings is 1. The second kappa shape index (κ2) is 5.58. The van der Waals surface area contributed by atoms with E-state index in [-0.39, 0.29) is 5.91 Å². The summed E-state index contributed by atoms with van der Waals surface area (Å²) in [7, 11) is 0. The number of imidazole rings is 1. The highest BCUT2D eigenvalue weighted by Gasteiger charge is 2.13. The molecule has 1 aromatic carbocycles. The number of rotatable bonds is 3. The lowest BCUT2D eigenvalue weighted by atomic mass is 10.3. The van der Waals surface area contributed by atoms with Gasteiger partial charge in [0.15, 0.2) is 0 Å². The number of pyridine rings is 1. The standard InChI is InChI=1S/C16H14N4O/c1-12-7-8-15(18-9-12)19-16(21)14-10-17-11-20(14)13-5-3-2-4-6-13/h2-11H,1H3,(H,18,19,21). The molecule has 0 aliphatic carbocycles. The van der Waals surface area contributed by atoms with Crippen LogP contribution in [0.1, 0.15) is 16.1 Å². The van der Waals surface area contributed by atoms with Gasteiger partial charge in [-0.1, -0.05) is 24.3 Å². The van der Waals surface area contributed by atoms with Crippen molar-refractivity contribution >= 4 is 11.7 Å². The molecule has 5 heteroatoms. The number of nitrogens with zero attached hydrogens (tertiary/aromatic N) is 3. The number of aryl methyl sites for hydroxylation is 1. The minimum absolute atomic E-state index is 0.243. The fourth-order valence-corrected chi connectivity index (χ4v) is 1.98. The lowest BCUT2D eigenvalue weighted by Gasteiger charge is -2.08. The second-order valence-electron chi connectivity index (χ2n) is 4.66. The number of amides is 1. The molecule has 5 nitrogen and oxygen atoms in total. The quantitative estimate of drug-likeness (QED) is 0.801. The van der Waals surface area contributed by atoms with Crippen molar-refractivity contribution in [1.82, 2.24) is 14.5 Å². The molecule has 0 saturated carbocycles. The zero-order chi connectivity index (χ0) is 14.7. The van der Waals surface area contributed by atoms with Crippen LogP contribution in [0.2, 0.25) is 0 Å². The highest BCUT2D eigenvalue weighted by Crippen LogP contribution is 2.12. The Morgan fingerprint density at radius 1 is 1.10 bits per heavy atom. The topological polar surface area (TPSA) is 59.8 Å². The summed E-state index contributed by atoms with van der Waals surface area (Å²) in [4.78, 5) is 20.6. The van der Waals surface area contributed by atoms with Crippen molar-refractivity contribution in [2.24, 2.45) is 0 Å². The van der Waals surface area contributed by atoms with E-state index in [0.29, 0.717) is 11.5 Å². The third-order valence-corrected chi connectivity index (χ3v) is 3.06. The molecular formula is C16H14N4O.